The molecule has 2 aromatic rings. The molecule has 0 fully saturated rings. The lowest BCUT2D eigenvalue weighted by Gasteiger charge is -2.01. The molecule has 0 aromatic carbocycles. The van der Waals surface area contributed by atoms with Crippen LogP contribution in [0.15, 0.2) is 16.3 Å². The Kier molecular flexibility index (Phi) is 4.24. The van der Waals surface area contributed by atoms with Gasteiger partial charge in [0.25, 0.3) is 10.0 Å². The van der Waals surface area contributed by atoms with Crippen molar-refractivity contribution >= 4 is 37.8 Å². The average Bonchev–Trinajstić information content (AvgIpc) is 2.95. The molecule has 0 saturated heterocycles. The van der Waals surface area contributed by atoms with Crippen LogP contribution in [-0.2, 0) is 23.0 Å². The second-order valence-corrected chi connectivity index (χ2v) is 7.82. The minimum Gasteiger partial charge on any atom is -0.326 e. The first-order valence-electron chi connectivity index (χ1n) is 5.73. The molecule has 5 nitrogen and oxygen atoms in total. The van der Waals surface area contributed by atoms with Gasteiger partial charge in [0.2, 0.25) is 0 Å². The van der Waals surface area contributed by atoms with Crippen molar-refractivity contribution in [1.29, 1.82) is 0 Å². The molecule has 0 atom stereocenters. The van der Waals surface area contributed by atoms with Gasteiger partial charge in [0.15, 0.2) is 5.13 Å². The standard InChI is InChI=1S/C11H15N3O2S3/c1-3-10-7(2)18-11(13-10)14-19(15,16)9-4-8(5-12)17-6-9/h4,6H,3,5,12H2,1-2H3,(H,13,14). The SMILES string of the molecule is CCc1nc(NS(=O)(=O)c2csc(CN)c2)sc1C. The molecule has 8 heteroatoms. The van der Waals surface area contributed by atoms with Crippen molar-refractivity contribution in [2.24, 2.45) is 5.73 Å². The van der Waals surface area contributed by atoms with Gasteiger partial charge in [0, 0.05) is 21.7 Å². The summed E-state index contributed by atoms with van der Waals surface area (Å²) in [5.74, 6) is 0. The van der Waals surface area contributed by atoms with E-state index in [1.54, 1.807) is 11.4 Å². The fourth-order valence-electron chi connectivity index (χ4n) is 1.58. The number of hydrogen-bond acceptors (Lipinski definition) is 6. The van der Waals surface area contributed by atoms with Crippen LogP contribution in [0.4, 0.5) is 5.13 Å². The van der Waals surface area contributed by atoms with E-state index in [0.717, 1.165) is 21.9 Å². The zero-order chi connectivity index (χ0) is 14.0. The number of thiophene rings is 1. The summed E-state index contributed by atoms with van der Waals surface area (Å²) < 4.78 is 26.8. The monoisotopic (exact) mass is 317 g/mol. The van der Waals surface area contributed by atoms with E-state index < -0.39 is 10.0 Å². The van der Waals surface area contributed by atoms with Crippen LogP contribution >= 0.6 is 22.7 Å². The van der Waals surface area contributed by atoms with Crippen LogP contribution in [0.2, 0.25) is 0 Å². The zero-order valence-corrected chi connectivity index (χ0v) is 13.1. The van der Waals surface area contributed by atoms with Crippen molar-refractivity contribution in [2.75, 3.05) is 4.72 Å². The summed E-state index contributed by atoms with van der Waals surface area (Å²) in [7, 11) is -3.56. The minimum absolute atomic E-state index is 0.240. The number of anilines is 1. The Morgan fingerprint density at radius 1 is 1.47 bits per heavy atom. The predicted octanol–water partition coefficient (Wildman–Crippen LogP) is 2.33. The lowest BCUT2D eigenvalue weighted by Crippen LogP contribution is -2.12. The summed E-state index contributed by atoms with van der Waals surface area (Å²) in [6.45, 7) is 4.27. The molecule has 0 bridgehead atoms. The van der Waals surface area contributed by atoms with E-state index in [1.165, 1.54) is 22.7 Å². The maximum absolute atomic E-state index is 12.2. The first-order chi connectivity index (χ1) is 8.96. The first kappa shape index (κ1) is 14.4. The van der Waals surface area contributed by atoms with Gasteiger partial charge >= 0.3 is 0 Å². The molecule has 0 radical (unpaired) electrons. The second kappa shape index (κ2) is 5.58. The van der Waals surface area contributed by atoms with Gasteiger partial charge in [0.05, 0.1) is 10.6 Å². The third-order valence-corrected chi connectivity index (χ3v) is 6.07. The number of aromatic nitrogens is 1. The summed E-state index contributed by atoms with van der Waals surface area (Å²) in [6.07, 6.45) is 0.792. The Labute approximate surface area is 120 Å². The third kappa shape index (κ3) is 3.14. The molecule has 104 valence electrons. The molecular formula is C11H15N3O2S3. The quantitative estimate of drug-likeness (QED) is 0.886. The first-order valence-corrected chi connectivity index (χ1v) is 8.90. The minimum atomic E-state index is -3.56. The maximum atomic E-state index is 12.2. The lowest BCUT2D eigenvalue weighted by molar-refractivity contribution is 0.601. The van der Waals surface area contributed by atoms with Crippen molar-refractivity contribution in [3.8, 4) is 0 Å². The van der Waals surface area contributed by atoms with E-state index in [2.05, 4.69) is 9.71 Å². The Morgan fingerprint density at radius 2 is 2.21 bits per heavy atom. The van der Waals surface area contributed by atoms with Gasteiger partial charge in [-0.15, -0.1) is 22.7 Å². The molecule has 2 heterocycles. The van der Waals surface area contributed by atoms with Crippen molar-refractivity contribution in [3.05, 3.63) is 26.9 Å². The summed E-state index contributed by atoms with van der Waals surface area (Å²) >= 11 is 2.69. The molecule has 0 aliphatic rings. The molecule has 2 rings (SSSR count). The van der Waals surface area contributed by atoms with Gasteiger partial charge in [-0.1, -0.05) is 6.92 Å². The molecule has 0 saturated carbocycles. The van der Waals surface area contributed by atoms with E-state index in [0.29, 0.717) is 11.7 Å². The van der Waals surface area contributed by atoms with Crippen LogP contribution in [0.5, 0.6) is 0 Å². The molecule has 19 heavy (non-hydrogen) atoms. The second-order valence-electron chi connectivity index (χ2n) is 3.93. The highest BCUT2D eigenvalue weighted by molar-refractivity contribution is 7.93. The molecular weight excluding hydrogens is 302 g/mol. The van der Waals surface area contributed by atoms with Crippen LogP contribution in [0.3, 0.4) is 0 Å². The number of rotatable bonds is 5. The van der Waals surface area contributed by atoms with Crippen LogP contribution in [0.25, 0.3) is 0 Å². The molecule has 0 amide bonds. The highest BCUT2D eigenvalue weighted by Crippen LogP contribution is 2.26. The number of aryl methyl sites for hydroxylation is 2. The maximum Gasteiger partial charge on any atom is 0.264 e. The number of nitrogens with zero attached hydrogens (tertiary/aromatic N) is 1. The topological polar surface area (TPSA) is 85.1 Å². The van der Waals surface area contributed by atoms with Crippen molar-refractivity contribution in [1.82, 2.24) is 4.98 Å². The summed E-state index contributed by atoms with van der Waals surface area (Å²) in [4.78, 5) is 6.39. The van der Waals surface area contributed by atoms with Gasteiger partial charge in [-0.05, 0) is 19.4 Å². The smallest absolute Gasteiger partial charge is 0.264 e. The third-order valence-electron chi connectivity index (χ3n) is 2.59. The summed E-state index contributed by atoms with van der Waals surface area (Å²) in [6, 6.07) is 1.59. The fraction of sp³-hybridized carbons (Fsp3) is 0.364. The average molecular weight is 317 g/mol. The number of thiazole rings is 1. The van der Waals surface area contributed by atoms with E-state index in [1.807, 2.05) is 13.8 Å². The van der Waals surface area contributed by atoms with Gasteiger partial charge in [-0.3, -0.25) is 4.72 Å². The highest BCUT2D eigenvalue weighted by Gasteiger charge is 2.18. The van der Waals surface area contributed by atoms with Gasteiger partial charge < -0.3 is 5.73 Å². The van der Waals surface area contributed by atoms with Crippen molar-refractivity contribution < 1.29 is 8.42 Å². The lowest BCUT2D eigenvalue weighted by atomic mass is 10.3. The molecule has 3 N–H and O–H groups in total. The Hall–Kier alpha value is -0.960. The Balaban J connectivity index is 2.25. The number of nitrogens with two attached hydrogens (primary N) is 1. The largest absolute Gasteiger partial charge is 0.326 e. The van der Waals surface area contributed by atoms with E-state index in [9.17, 15) is 8.42 Å². The number of hydrogen-bond donors (Lipinski definition) is 2. The zero-order valence-electron chi connectivity index (χ0n) is 10.6. The van der Waals surface area contributed by atoms with Gasteiger partial charge in [-0.25, -0.2) is 13.4 Å². The van der Waals surface area contributed by atoms with E-state index in [-0.39, 0.29) is 4.90 Å². The summed E-state index contributed by atoms with van der Waals surface area (Å²) in [5.41, 5.74) is 6.41. The van der Waals surface area contributed by atoms with Gasteiger partial charge in [-0.2, -0.15) is 0 Å². The Morgan fingerprint density at radius 3 is 2.74 bits per heavy atom. The highest BCUT2D eigenvalue weighted by atomic mass is 32.2. The number of sulfonamides is 1. The molecule has 2 aromatic heterocycles. The van der Waals surface area contributed by atoms with E-state index in [4.69, 9.17) is 5.73 Å². The molecule has 0 unspecified atom stereocenters. The van der Waals surface area contributed by atoms with Crippen molar-refractivity contribution in [2.45, 2.75) is 31.7 Å². The van der Waals surface area contributed by atoms with Crippen molar-refractivity contribution in [3.63, 3.8) is 0 Å². The molecule has 0 aliphatic heterocycles. The van der Waals surface area contributed by atoms with E-state index >= 15 is 0 Å². The normalized spacial score (nSPS) is 11.7. The molecule has 0 spiro atoms. The fourth-order valence-corrected chi connectivity index (χ4v) is 4.87. The van der Waals surface area contributed by atoms with Crippen LogP contribution in [-0.4, -0.2) is 13.4 Å². The van der Waals surface area contributed by atoms with Crippen LogP contribution in [0, 0.1) is 6.92 Å². The number of nitrogens with one attached hydrogen (secondary N) is 1. The van der Waals surface area contributed by atoms with Crippen LogP contribution in [0.1, 0.15) is 22.4 Å². The van der Waals surface area contributed by atoms with Crippen LogP contribution < -0.4 is 10.5 Å². The Bertz CT molecular complexity index is 673. The summed E-state index contributed by atoms with van der Waals surface area (Å²) in [5, 5.41) is 2.00. The van der Waals surface area contributed by atoms with Gasteiger partial charge in [0.1, 0.15) is 0 Å². The molecule has 0 aliphatic carbocycles. The predicted molar refractivity (Wildman–Crippen MR) is 79.2 cm³/mol.